The number of piperidine rings is 1. The van der Waals surface area contributed by atoms with Crippen molar-refractivity contribution in [3.8, 4) is 5.75 Å². The van der Waals surface area contributed by atoms with Gasteiger partial charge in [-0.05, 0) is 32.4 Å². The highest BCUT2D eigenvalue weighted by molar-refractivity contribution is 5.96. The van der Waals surface area contributed by atoms with Gasteiger partial charge in [-0.3, -0.25) is 14.9 Å². The number of rotatable bonds is 3. The van der Waals surface area contributed by atoms with Crippen molar-refractivity contribution in [1.82, 2.24) is 5.32 Å². The highest BCUT2D eigenvalue weighted by Gasteiger charge is 2.35. The van der Waals surface area contributed by atoms with E-state index in [0.717, 1.165) is 25.5 Å². The smallest absolute Gasteiger partial charge is 0.271 e. The lowest BCUT2D eigenvalue weighted by Crippen LogP contribution is -2.46. The van der Waals surface area contributed by atoms with Gasteiger partial charge in [0, 0.05) is 18.7 Å². The minimum atomic E-state index is -0.574. The Labute approximate surface area is 116 Å². The van der Waals surface area contributed by atoms with Gasteiger partial charge in [-0.15, -0.1) is 0 Å². The average molecular weight is 279 g/mol. The molecule has 0 radical (unpaired) electrons. The standard InChI is InChI=1S/C13H17N3O4/c1-13(5-2-6-14-8-13)12(18)15-10-7-9(16(19)20)3-4-11(10)17/h3-4,7,14,17H,2,5-6,8H2,1H3,(H,15,18). The van der Waals surface area contributed by atoms with E-state index in [4.69, 9.17) is 0 Å². The zero-order chi connectivity index (χ0) is 14.8. The maximum absolute atomic E-state index is 12.3. The molecule has 3 N–H and O–H groups in total. The Morgan fingerprint density at radius 2 is 2.30 bits per heavy atom. The predicted molar refractivity (Wildman–Crippen MR) is 73.6 cm³/mol. The van der Waals surface area contributed by atoms with Crippen LogP contribution in [-0.4, -0.2) is 29.0 Å². The Hall–Kier alpha value is -2.15. The van der Waals surface area contributed by atoms with Crippen molar-refractivity contribution in [3.63, 3.8) is 0 Å². The Morgan fingerprint density at radius 1 is 1.55 bits per heavy atom. The number of benzene rings is 1. The second-order valence-corrected chi connectivity index (χ2v) is 5.25. The molecular formula is C13H17N3O4. The van der Waals surface area contributed by atoms with Crippen molar-refractivity contribution in [1.29, 1.82) is 0 Å². The zero-order valence-electron chi connectivity index (χ0n) is 11.2. The van der Waals surface area contributed by atoms with E-state index in [1.54, 1.807) is 0 Å². The summed E-state index contributed by atoms with van der Waals surface area (Å²) in [5, 5.41) is 26.1. The van der Waals surface area contributed by atoms with Crippen LogP contribution < -0.4 is 10.6 Å². The summed E-state index contributed by atoms with van der Waals surface area (Å²) in [6.07, 6.45) is 1.63. The summed E-state index contributed by atoms with van der Waals surface area (Å²) in [5.74, 6) is -0.434. The minimum Gasteiger partial charge on any atom is -0.506 e. The molecule has 7 heteroatoms. The van der Waals surface area contributed by atoms with Crippen LogP contribution in [0, 0.1) is 15.5 Å². The number of carbonyl (C=O) groups excluding carboxylic acids is 1. The molecule has 1 unspecified atom stereocenters. The number of amides is 1. The van der Waals surface area contributed by atoms with E-state index in [9.17, 15) is 20.0 Å². The number of hydrogen-bond donors (Lipinski definition) is 3. The molecule has 7 nitrogen and oxygen atoms in total. The van der Waals surface area contributed by atoms with Gasteiger partial charge < -0.3 is 15.7 Å². The number of nitro groups is 1. The van der Waals surface area contributed by atoms with Gasteiger partial charge in [0.1, 0.15) is 5.75 Å². The first-order valence-corrected chi connectivity index (χ1v) is 6.42. The molecule has 2 rings (SSSR count). The molecule has 0 aromatic heterocycles. The molecule has 0 saturated carbocycles. The first kappa shape index (κ1) is 14.3. The van der Waals surface area contributed by atoms with Crippen LogP contribution in [0.4, 0.5) is 11.4 Å². The van der Waals surface area contributed by atoms with Crippen LogP contribution in [0.5, 0.6) is 5.75 Å². The largest absolute Gasteiger partial charge is 0.506 e. The van der Waals surface area contributed by atoms with E-state index in [1.807, 2.05) is 6.92 Å². The van der Waals surface area contributed by atoms with Gasteiger partial charge in [0.25, 0.3) is 5.69 Å². The summed E-state index contributed by atoms with van der Waals surface area (Å²) in [4.78, 5) is 22.4. The zero-order valence-corrected chi connectivity index (χ0v) is 11.2. The number of nitrogens with zero attached hydrogens (tertiary/aromatic N) is 1. The average Bonchev–Trinajstić information content (AvgIpc) is 2.41. The van der Waals surface area contributed by atoms with Crippen molar-refractivity contribution in [3.05, 3.63) is 28.3 Å². The van der Waals surface area contributed by atoms with Crippen molar-refractivity contribution in [2.24, 2.45) is 5.41 Å². The third-order valence-electron chi connectivity index (χ3n) is 3.58. The number of phenols is 1. The lowest BCUT2D eigenvalue weighted by atomic mass is 9.82. The molecule has 0 aliphatic carbocycles. The van der Waals surface area contributed by atoms with E-state index in [2.05, 4.69) is 10.6 Å². The van der Waals surface area contributed by atoms with Gasteiger partial charge in [-0.25, -0.2) is 0 Å². The van der Waals surface area contributed by atoms with Gasteiger partial charge >= 0.3 is 0 Å². The fourth-order valence-electron chi connectivity index (χ4n) is 2.26. The summed E-state index contributed by atoms with van der Waals surface area (Å²) in [5.41, 5.74) is -0.684. The third-order valence-corrected chi connectivity index (χ3v) is 3.58. The lowest BCUT2D eigenvalue weighted by Gasteiger charge is -2.32. The molecule has 1 aliphatic heterocycles. The Bertz CT molecular complexity index is 538. The Morgan fingerprint density at radius 3 is 2.90 bits per heavy atom. The number of hydrogen-bond acceptors (Lipinski definition) is 5. The van der Waals surface area contributed by atoms with Crippen LogP contribution in [0.1, 0.15) is 19.8 Å². The minimum absolute atomic E-state index is 0.0657. The SMILES string of the molecule is CC1(C(=O)Nc2cc([N+](=O)[O-])ccc2O)CCCNC1. The molecular weight excluding hydrogens is 262 g/mol. The normalized spacial score (nSPS) is 22.2. The molecule has 1 heterocycles. The van der Waals surface area contributed by atoms with Crippen molar-refractivity contribution in [2.75, 3.05) is 18.4 Å². The molecule has 0 spiro atoms. The first-order chi connectivity index (χ1) is 9.42. The van der Waals surface area contributed by atoms with Gasteiger partial charge in [0.05, 0.1) is 16.0 Å². The van der Waals surface area contributed by atoms with Gasteiger partial charge in [0.15, 0.2) is 0 Å². The molecule has 1 saturated heterocycles. The molecule has 1 amide bonds. The van der Waals surface area contributed by atoms with Crippen molar-refractivity contribution < 1.29 is 14.8 Å². The molecule has 20 heavy (non-hydrogen) atoms. The van der Waals surface area contributed by atoms with Crippen LogP contribution in [-0.2, 0) is 4.79 Å². The van der Waals surface area contributed by atoms with Crippen LogP contribution >= 0.6 is 0 Å². The fourth-order valence-corrected chi connectivity index (χ4v) is 2.26. The molecule has 1 fully saturated rings. The summed E-state index contributed by atoms with van der Waals surface area (Å²) < 4.78 is 0. The highest BCUT2D eigenvalue weighted by atomic mass is 16.6. The second kappa shape index (κ2) is 5.46. The molecule has 1 atom stereocenters. The highest BCUT2D eigenvalue weighted by Crippen LogP contribution is 2.32. The summed E-state index contributed by atoms with van der Waals surface area (Å²) in [6, 6.07) is 3.55. The summed E-state index contributed by atoms with van der Waals surface area (Å²) in [7, 11) is 0. The van der Waals surface area contributed by atoms with E-state index in [1.165, 1.54) is 12.1 Å². The lowest BCUT2D eigenvalue weighted by molar-refractivity contribution is -0.384. The van der Waals surface area contributed by atoms with E-state index in [-0.39, 0.29) is 23.0 Å². The van der Waals surface area contributed by atoms with Crippen LogP contribution in [0.2, 0.25) is 0 Å². The van der Waals surface area contributed by atoms with E-state index in [0.29, 0.717) is 6.54 Å². The second-order valence-electron chi connectivity index (χ2n) is 5.25. The maximum Gasteiger partial charge on any atom is 0.271 e. The number of nitro benzene ring substituents is 1. The number of aromatic hydroxyl groups is 1. The number of phenolic OH excluding ortho intramolecular Hbond substituents is 1. The molecule has 0 bridgehead atoms. The number of anilines is 1. The Balaban J connectivity index is 2.18. The Kier molecular flexibility index (Phi) is 3.89. The summed E-state index contributed by atoms with van der Waals surface area (Å²) >= 11 is 0. The van der Waals surface area contributed by atoms with Gasteiger partial charge in [0.2, 0.25) is 5.91 Å². The van der Waals surface area contributed by atoms with E-state index >= 15 is 0 Å². The number of nitrogens with one attached hydrogen (secondary N) is 2. The van der Waals surface area contributed by atoms with Crippen LogP contribution in [0.25, 0.3) is 0 Å². The van der Waals surface area contributed by atoms with Crippen LogP contribution in [0.3, 0.4) is 0 Å². The molecule has 108 valence electrons. The molecule has 1 aliphatic rings. The monoisotopic (exact) mass is 279 g/mol. The van der Waals surface area contributed by atoms with Crippen LogP contribution in [0.15, 0.2) is 18.2 Å². The first-order valence-electron chi connectivity index (χ1n) is 6.42. The van der Waals surface area contributed by atoms with Gasteiger partial charge in [-0.2, -0.15) is 0 Å². The third kappa shape index (κ3) is 2.88. The van der Waals surface area contributed by atoms with E-state index < -0.39 is 10.3 Å². The molecule has 1 aromatic rings. The fraction of sp³-hybridized carbons (Fsp3) is 0.462. The quantitative estimate of drug-likeness (QED) is 0.443. The summed E-state index contributed by atoms with van der Waals surface area (Å²) in [6.45, 7) is 3.27. The number of carbonyl (C=O) groups is 1. The predicted octanol–water partition coefficient (Wildman–Crippen LogP) is 1.63. The molecule has 1 aromatic carbocycles. The number of non-ortho nitro benzene ring substituents is 1. The maximum atomic E-state index is 12.3. The van der Waals surface area contributed by atoms with Gasteiger partial charge in [-0.1, -0.05) is 0 Å². The van der Waals surface area contributed by atoms with Crippen molar-refractivity contribution >= 4 is 17.3 Å². The topological polar surface area (TPSA) is 104 Å². The van der Waals surface area contributed by atoms with Crippen molar-refractivity contribution in [2.45, 2.75) is 19.8 Å².